The molecule has 0 rings (SSSR count). The van der Waals surface area contributed by atoms with Crippen LogP contribution in [0.25, 0.3) is 0 Å². The highest BCUT2D eigenvalue weighted by Gasteiger charge is 2.19. The van der Waals surface area contributed by atoms with E-state index in [9.17, 15) is 14.4 Å². The first-order chi connectivity index (χ1) is 16.0. The van der Waals surface area contributed by atoms with Crippen molar-refractivity contribution in [3.63, 3.8) is 0 Å². The van der Waals surface area contributed by atoms with E-state index in [1.807, 2.05) is 0 Å². The molecule has 0 bridgehead atoms. The Balaban J connectivity index is 4.37. The lowest BCUT2D eigenvalue weighted by Crippen LogP contribution is -2.30. The molecule has 0 heterocycles. The van der Waals surface area contributed by atoms with E-state index < -0.39 is 6.10 Å². The van der Waals surface area contributed by atoms with Crippen LogP contribution in [0.2, 0.25) is 0 Å². The third-order valence-electron chi connectivity index (χ3n) is 5.61. The minimum atomic E-state index is -0.749. The summed E-state index contributed by atoms with van der Waals surface area (Å²) in [6, 6.07) is 0. The molecular weight excluding hydrogens is 426 g/mol. The summed E-state index contributed by atoms with van der Waals surface area (Å²) in [5.41, 5.74) is 0. The SMILES string of the molecule is CCCCCCC[14C](=O)OCC(CO[14C](=O)CCCCCCC)O[14C](=O)CCCCCCC. The average Bonchev–Trinajstić information content (AvgIpc) is 2.80. The standard InChI is InChI=1S/C27H50O6/c1-4-7-10-13-16-19-25(28)31-22-24(33-27(30)21-18-15-12-9-6-3)23-32-26(29)20-17-14-11-8-5-2/h24H,4-23H2,1-3H3/i25+2,26+2,27+2. The van der Waals surface area contributed by atoms with Crippen LogP contribution in [-0.2, 0) is 28.6 Å². The molecule has 0 aliphatic heterocycles. The maximum Gasteiger partial charge on any atom is 0.306 e. The van der Waals surface area contributed by atoms with Crippen molar-refractivity contribution >= 4 is 17.9 Å². The summed E-state index contributed by atoms with van der Waals surface area (Å²) in [7, 11) is 0. The monoisotopic (exact) mass is 476 g/mol. The van der Waals surface area contributed by atoms with Gasteiger partial charge in [-0.2, -0.15) is 0 Å². The highest BCUT2D eigenvalue weighted by molar-refractivity contribution is 5.71. The van der Waals surface area contributed by atoms with Gasteiger partial charge in [0.1, 0.15) is 13.2 Å². The molecule has 33 heavy (non-hydrogen) atoms. The van der Waals surface area contributed by atoms with E-state index in [0.29, 0.717) is 19.3 Å². The van der Waals surface area contributed by atoms with Crippen LogP contribution in [-0.4, -0.2) is 37.2 Å². The van der Waals surface area contributed by atoms with Gasteiger partial charge >= 0.3 is 17.9 Å². The molecule has 0 radical (unpaired) electrons. The van der Waals surface area contributed by atoms with Gasteiger partial charge in [-0.25, -0.2) is 0 Å². The number of carbonyl (C=O) groups is 3. The minimum absolute atomic E-state index is 0.0703. The first kappa shape index (κ1) is 31.4. The first-order valence-corrected chi connectivity index (χ1v) is 13.5. The fourth-order valence-corrected chi connectivity index (χ4v) is 3.50. The molecule has 6 nitrogen and oxygen atoms in total. The van der Waals surface area contributed by atoms with E-state index in [-0.39, 0.29) is 31.1 Å². The van der Waals surface area contributed by atoms with Crippen molar-refractivity contribution < 1.29 is 28.6 Å². The molecule has 0 amide bonds. The predicted octanol–water partition coefficient (Wildman–Crippen LogP) is 7.07. The zero-order chi connectivity index (χ0) is 24.6. The van der Waals surface area contributed by atoms with Crippen molar-refractivity contribution in [3.05, 3.63) is 0 Å². The predicted molar refractivity (Wildman–Crippen MR) is 132 cm³/mol. The molecule has 0 fully saturated rings. The molecule has 0 saturated carbocycles. The van der Waals surface area contributed by atoms with Crippen LogP contribution in [0.5, 0.6) is 0 Å². The number of unbranched alkanes of at least 4 members (excludes halogenated alkanes) is 12. The maximum atomic E-state index is 12.2. The number of rotatable bonds is 23. The largest absolute Gasteiger partial charge is 0.462 e. The highest BCUT2D eigenvalue weighted by Crippen LogP contribution is 2.10. The van der Waals surface area contributed by atoms with E-state index in [4.69, 9.17) is 14.2 Å². The van der Waals surface area contributed by atoms with Crippen LogP contribution in [0.4, 0.5) is 0 Å². The first-order valence-electron chi connectivity index (χ1n) is 13.5. The summed E-state index contributed by atoms with van der Waals surface area (Å²) in [6.07, 6.45) is 16.0. The van der Waals surface area contributed by atoms with Crippen LogP contribution >= 0.6 is 0 Å². The Morgan fingerprint density at radius 1 is 0.485 bits per heavy atom. The molecule has 0 aliphatic carbocycles. The normalized spacial score (nSPS) is 10.9. The zero-order valence-corrected chi connectivity index (χ0v) is 21.7. The van der Waals surface area contributed by atoms with Gasteiger partial charge < -0.3 is 14.2 Å². The molecule has 0 aromatic carbocycles. The van der Waals surface area contributed by atoms with Gasteiger partial charge in [0.25, 0.3) is 0 Å². The fourth-order valence-electron chi connectivity index (χ4n) is 3.50. The Morgan fingerprint density at radius 2 is 0.818 bits per heavy atom. The maximum absolute atomic E-state index is 12.2. The van der Waals surface area contributed by atoms with Crippen LogP contribution in [0, 0.1) is 0 Å². The number of ether oxygens (including phenoxy) is 3. The lowest BCUT2D eigenvalue weighted by atomic mass is 10.2. The quantitative estimate of drug-likeness (QED) is 0.0891. The van der Waals surface area contributed by atoms with Crippen molar-refractivity contribution in [2.75, 3.05) is 13.2 Å². The van der Waals surface area contributed by atoms with E-state index >= 15 is 0 Å². The van der Waals surface area contributed by atoms with Gasteiger partial charge in [0.05, 0.1) is 0 Å². The number of hydrogen-bond donors (Lipinski definition) is 0. The topological polar surface area (TPSA) is 78.9 Å². The second-order valence-electron chi connectivity index (χ2n) is 8.97. The molecule has 0 N–H and O–H groups in total. The van der Waals surface area contributed by atoms with Crippen LogP contribution in [0.15, 0.2) is 0 Å². The second-order valence-corrected chi connectivity index (χ2v) is 8.97. The van der Waals surface area contributed by atoms with E-state index in [2.05, 4.69) is 20.8 Å². The molecule has 6 heteroatoms. The van der Waals surface area contributed by atoms with E-state index in [1.54, 1.807) is 0 Å². The highest BCUT2D eigenvalue weighted by atomic mass is 16.8. The van der Waals surface area contributed by atoms with Gasteiger partial charge in [-0.1, -0.05) is 97.8 Å². The van der Waals surface area contributed by atoms with Crippen LogP contribution in [0.3, 0.4) is 0 Å². The summed E-state index contributed by atoms with van der Waals surface area (Å²) in [6.45, 7) is 6.32. The smallest absolute Gasteiger partial charge is 0.306 e. The minimum Gasteiger partial charge on any atom is -0.462 e. The summed E-state index contributed by atoms with van der Waals surface area (Å²) in [5, 5.41) is 0. The summed E-state index contributed by atoms with van der Waals surface area (Å²) in [4.78, 5) is 36.3. The van der Waals surface area contributed by atoms with Crippen LogP contribution < -0.4 is 0 Å². The molecular formula is C27H50O6. The van der Waals surface area contributed by atoms with Gasteiger partial charge in [-0.3, -0.25) is 14.4 Å². The van der Waals surface area contributed by atoms with Crippen molar-refractivity contribution in [1.82, 2.24) is 0 Å². The molecule has 0 unspecified atom stereocenters. The van der Waals surface area contributed by atoms with Gasteiger partial charge in [-0.15, -0.1) is 0 Å². The second kappa shape index (κ2) is 23.6. The lowest BCUT2D eigenvalue weighted by molar-refractivity contribution is -0.167. The van der Waals surface area contributed by atoms with Gasteiger partial charge in [-0.05, 0) is 19.3 Å². The summed E-state index contributed by atoms with van der Waals surface area (Å²) in [5.74, 6) is -0.925. The van der Waals surface area contributed by atoms with Crippen molar-refractivity contribution in [2.24, 2.45) is 0 Å². The Hall–Kier alpha value is -1.59. The summed E-state index contributed by atoms with van der Waals surface area (Å²) < 4.78 is 16.1. The molecule has 0 saturated heterocycles. The zero-order valence-electron chi connectivity index (χ0n) is 21.7. The fraction of sp³-hybridized carbons (Fsp3) is 0.889. The third kappa shape index (κ3) is 22.0. The molecule has 0 atom stereocenters. The molecule has 0 aromatic rings. The Labute approximate surface area is 202 Å². The Morgan fingerprint density at radius 3 is 1.18 bits per heavy atom. The molecule has 0 aliphatic rings. The van der Waals surface area contributed by atoms with Crippen molar-refractivity contribution in [3.8, 4) is 0 Å². The summed E-state index contributed by atoms with van der Waals surface area (Å²) >= 11 is 0. The average molecular weight is 477 g/mol. The Kier molecular flexibility index (Phi) is 22.4. The number of carbonyl (C=O) groups excluding carboxylic acids is 3. The van der Waals surface area contributed by atoms with Crippen molar-refractivity contribution in [2.45, 2.75) is 142 Å². The number of hydrogen-bond acceptors (Lipinski definition) is 6. The Bertz CT molecular complexity index is 461. The molecule has 194 valence electrons. The lowest BCUT2D eigenvalue weighted by Gasteiger charge is -2.18. The molecule has 0 aromatic heterocycles. The van der Waals surface area contributed by atoms with E-state index in [1.165, 1.54) is 19.3 Å². The van der Waals surface area contributed by atoms with E-state index in [0.717, 1.165) is 77.0 Å². The van der Waals surface area contributed by atoms with Crippen LogP contribution in [0.1, 0.15) is 136 Å². The van der Waals surface area contributed by atoms with Crippen molar-refractivity contribution in [1.29, 1.82) is 0 Å². The van der Waals surface area contributed by atoms with Gasteiger partial charge in [0, 0.05) is 19.3 Å². The van der Waals surface area contributed by atoms with Gasteiger partial charge in [0.2, 0.25) is 0 Å². The van der Waals surface area contributed by atoms with Gasteiger partial charge in [0.15, 0.2) is 6.10 Å². The molecule has 0 spiro atoms. The number of esters is 3. The third-order valence-corrected chi connectivity index (χ3v) is 5.61.